The Labute approximate surface area is 153 Å². The average molecular weight is 352 g/mol. The van der Waals surface area contributed by atoms with E-state index in [2.05, 4.69) is 16.9 Å². The number of ether oxygens (including phenoxy) is 1. The first-order chi connectivity index (χ1) is 12.5. The Hall–Kier alpha value is -2.40. The van der Waals surface area contributed by atoms with E-state index in [1.807, 2.05) is 37.3 Å². The molecular weight excluding hydrogens is 328 g/mol. The largest absolute Gasteiger partial charge is 0.469 e. The number of allylic oxidation sites excluding steroid dienone is 1. The first-order valence-electron chi connectivity index (χ1n) is 9.11. The molecule has 1 aromatic carbocycles. The summed E-state index contributed by atoms with van der Waals surface area (Å²) >= 11 is 0. The summed E-state index contributed by atoms with van der Waals surface area (Å²) < 4.78 is 5.14. The van der Waals surface area contributed by atoms with Gasteiger partial charge in [0.15, 0.2) is 5.78 Å². The molecule has 0 spiro atoms. The van der Waals surface area contributed by atoms with Crippen LogP contribution in [0, 0.1) is 11.8 Å². The molecule has 1 fully saturated rings. The van der Waals surface area contributed by atoms with Crippen molar-refractivity contribution in [2.24, 2.45) is 11.8 Å². The van der Waals surface area contributed by atoms with Gasteiger partial charge in [-0.05, 0) is 32.0 Å². The van der Waals surface area contributed by atoms with Crippen LogP contribution in [-0.2, 0) is 16.0 Å². The molecule has 136 valence electrons. The first-order valence-corrected chi connectivity index (χ1v) is 9.11. The van der Waals surface area contributed by atoms with Crippen molar-refractivity contribution in [2.45, 2.75) is 25.8 Å². The Morgan fingerprint density at radius 1 is 1.31 bits per heavy atom. The SMILES string of the molecule is C/C=C1\CN(C)[C@H]2Cc3c([nH]c4ccccc34)C(=O)C[C@@H]1C2C(=O)OC. The van der Waals surface area contributed by atoms with E-state index in [0.29, 0.717) is 18.5 Å². The molecule has 2 aliphatic rings. The number of fused-ring (bicyclic) bond motifs is 5. The van der Waals surface area contributed by atoms with Crippen LogP contribution < -0.4 is 0 Å². The summed E-state index contributed by atoms with van der Waals surface area (Å²) in [6.07, 6.45) is 3.05. The van der Waals surface area contributed by atoms with E-state index in [0.717, 1.165) is 28.6 Å². The molecule has 1 unspecified atom stereocenters. The second-order valence-electron chi connectivity index (χ2n) is 7.36. The van der Waals surface area contributed by atoms with Gasteiger partial charge >= 0.3 is 5.97 Å². The van der Waals surface area contributed by atoms with Crippen molar-refractivity contribution in [3.8, 4) is 0 Å². The van der Waals surface area contributed by atoms with Gasteiger partial charge in [0.2, 0.25) is 0 Å². The second-order valence-corrected chi connectivity index (χ2v) is 7.36. The summed E-state index contributed by atoms with van der Waals surface area (Å²) in [5, 5.41) is 1.07. The van der Waals surface area contributed by atoms with Crippen LogP contribution >= 0.6 is 0 Å². The van der Waals surface area contributed by atoms with Crippen LogP contribution in [0.4, 0.5) is 0 Å². The number of nitrogens with zero attached hydrogens (tertiary/aromatic N) is 1. The number of nitrogens with one attached hydrogen (secondary N) is 1. The maximum absolute atomic E-state index is 13.1. The second kappa shape index (κ2) is 6.40. The minimum Gasteiger partial charge on any atom is -0.469 e. The number of para-hydroxylation sites is 1. The van der Waals surface area contributed by atoms with E-state index in [-0.39, 0.29) is 29.6 Å². The number of Topliss-reactive ketones (excluding diaryl/α,β-unsaturated/α-hetero) is 1. The Kier molecular flexibility index (Phi) is 4.19. The van der Waals surface area contributed by atoms with Crippen LogP contribution in [0.2, 0.25) is 0 Å². The Morgan fingerprint density at radius 3 is 2.81 bits per heavy atom. The van der Waals surface area contributed by atoms with E-state index in [9.17, 15) is 9.59 Å². The number of ketones is 1. The van der Waals surface area contributed by atoms with E-state index in [1.54, 1.807) is 0 Å². The molecule has 1 N–H and O–H groups in total. The van der Waals surface area contributed by atoms with Crippen LogP contribution in [0.3, 0.4) is 0 Å². The zero-order valence-corrected chi connectivity index (χ0v) is 15.4. The highest BCUT2D eigenvalue weighted by Gasteiger charge is 2.46. The Bertz CT molecular complexity index is 911. The molecule has 1 aliphatic heterocycles. The van der Waals surface area contributed by atoms with Gasteiger partial charge in [0.05, 0.1) is 18.7 Å². The Morgan fingerprint density at radius 2 is 2.08 bits per heavy atom. The zero-order valence-electron chi connectivity index (χ0n) is 15.4. The van der Waals surface area contributed by atoms with Crippen LogP contribution in [0.25, 0.3) is 10.9 Å². The number of esters is 1. The van der Waals surface area contributed by atoms with Crippen molar-refractivity contribution in [1.82, 2.24) is 9.88 Å². The van der Waals surface area contributed by atoms with Crippen molar-refractivity contribution in [3.63, 3.8) is 0 Å². The summed E-state index contributed by atoms with van der Waals surface area (Å²) in [5.74, 6) is -0.559. The maximum Gasteiger partial charge on any atom is 0.310 e. The predicted molar refractivity (Wildman–Crippen MR) is 100 cm³/mol. The molecule has 3 atom stereocenters. The lowest BCUT2D eigenvalue weighted by Crippen LogP contribution is -2.54. The first kappa shape index (κ1) is 17.0. The summed E-state index contributed by atoms with van der Waals surface area (Å²) in [5.41, 5.74) is 3.85. The van der Waals surface area contributed by atoms with Gasteiger partial charge in [0, 0.05) is 35.8 Å². The van der Waals surface area contributed by atoms with E-state index in [4.69, 9.17) is 4.74 Å². The lowest BCUT2D eigenvalue weighted by atomic mass is 9.70. The smallest absolute Gasteiger partial charge is 0.310 e. The van der Waals surface area contributed by atoms with Crippen molar-refractivity contribution in [3.05, 3.63) is 47.2 Å². The number of hydrogen-bond acceptors (Lipinski definition) is 4. The molecular formula is C21H24N2O3. The number of likely N-dealkylation sites (tertiary alicyclic amines) is 1. The van der Waals surface area contributed by atoms with Gasteiger partial charge in [-0.15, -0.1) is 0 Å². The number of likely N-dealkylation sites (N-methyl/N-ethyl adjacent to an activating group) is 1. The van der Waals surface area contributed by atoms with Crippen LogP contribution in [0.5, 0.6) is 0 Å². The molecule has 1 aliphatic carbocycles. The lowest BCUT2D eigenvalue weighted by molar-refractivity contribution is -0.150. The molecule has 2 bridgehead atoms. The van der Waals surface area contributed by atoms with Gasteiger partial charge in [-0.2, -0.15) is 0 Å². The number of aromatic nitrogens is 1. The normalized spacial score (nSPS) is 27.9. The Balaban J connectivity index is 1.91. The number of H-pyrrole nitrogens is 1. The summed E-state index contributed by atoms with van der Waals surface area (Å²) in [4.78, 5) is 31.3. The quantitative estimate of drug-likeness (QED) is 0.633. The van der Waals surface area contributed by atoms with Gasteiger partial charge in [0.1, 0.15) is 0 Å². The molecule has 0 radical (unpaired) electrons. The van der Waals surface area contributed by atoms with Gasteiger partial charge in [-0.25, -0.2) is 0 Å². The monoisotopic (exact) mass is 352 g/mol. The van der Waals surface area contributed by atoms with Crippen LogP contribution in [0.15, 0.2) is 35.9 Å². The van der Waals surface area contributed by atoms with Gasteiger partial charge in [0.25, 0.3) is 0 Å². The maximum atomic E-state index is 13.1. The van der Waals surface area contributed by atoms with Crippen molar-refractivity contribution >= 4 is 22.7 Å². The fraction of sp³-hybridized carbons (Fsp3) is 0.429. The average Bonchev–Trinajstić information content (AvgIpc) is 3.01. The van der Waals surface area contributed by atoms with E-state index >= 15 is 0 Å². The van der Waals surface area contributed by atoms with E-state index in [1.165, 1.54) is 7.11 Å². The molecule has 1 aromatic heterocycles. The predicted octanol–water partition coefficient (Wildman–Crippen LogP) is 2.96. The number of aromatic amines is 1. The number of hydrogen-bond donors (Lipinski definition) is 1. The highest BCUT2D eigenvalue weighted by atomic mass is 16.5. The fourth-order valence-electron chi connectivity index (χ4n) is 4.76. The molecule has 1 saturated heterocycles. The number of piperidine rings is 1. The number of rotatable bonds is 1. The number of carbonyl (C=O) groups is 2. The zero-order chi connectivity index (χ0) is 18.4. The van der Waals surface area contributed by atoms with Crippen LogP contribution in [-0.4, -0.2) is 48.4 Å². The summed E-state index contributed by atoms with van der Waals surface area (Å²) in [6.45, 7) is 2.76. The van der Waals surface area contributed by atoms with E-state index < -0.39 is 0 Å². The number of methoxy groups -OCH3 is 1. The molecule has 0 saturated carbocycles. The lowest BCUT2D eigenvalue weighted by Gasteiger charge is -2.45. The number of benzene rings is 1. The number of carbonyl (C=O) groups excluding carboxylic acids is 2. The standard InChI is InChI=1S/C21H24N2O3/c1-4-12-11-23(2)17-9-15-13-7-5-6-8-16(13)22-20(15)18(24)10-14(12)19(17)21(25)26-3/h4-8,14,17,19,22H,9-11H2,1-3H3/b12-4+/t14-,17-,19?/m0/s1. The highest BCUT2D eigenvalue weighted by molar-refractivity contribution is 6.03. The molecule has 4 rings (SSSR count). The third-order valence-corrected chi connectivity index (χ3v) is 6.08. The fourth-order valence-corrected chi connectivity index (χ4v) is 4.76. The van der Waals surface area contributed by atoms with Crippen molar-refractivity contribution in [2.75, 3.05) is 20.7 Å². The molecule has 2 heterocycles. The third kappa shape index (κ3) is 2.50. The van der Waals surface area contributed by atoms with Gasteiger partial charge in [-0.3, -0.25) is 14.5 Å². The van der Waals surface area contributed by atoms with Gasteiger partial charge in [-0.1, -0.05) is 29.8 Å². The third-order valence-electron chi connectivity index (χ3n) is 6.08. The molecule has 5 nitrogen and oxygen atoms in total. The molecule has 2 aromatic rings. The minimum atomic E-state index is -0.323. The summed E-state index contributed by atoms with van der Waals surface area (Å²) in [7, 11) is 3.49. The minimum absolute atomic E-state index is 0.0159. The molecule has 26 heavy (non-hydrogen) atoms. The highest BCUT2D eigenvalue weighted by Crippen LogP contribution is 2.41. The van der Waals surface area contributed by atoms with Crippen molar-refractivity contribution < 1.29 is 14.3 Å². The van der Waals surface area contributed by atoms with Gasteiger partial charge < -0.3 is 9.72 Å². The molecule has 0 amide bonds. The summed E-state index contributed by atoms with van der Waals surface area (Å²) in [6, 6.07) is 8.02. The van der Waals surface area contributed by atoms with Crippen LogP contribution in [0.1, 0.15) is 29.4 Å². The topological polar surface area (TPSA) is 62.4 Å². The van der Waals surface area contributed by atoms with Crippen molar-refractivity contribution in [1.29, 1.82) is 0 Å². The molecule has 5 heteroatoms.